The standard InChI is InChI=1S/C13H11Cl2N3O/c14-9-6-11-12(7-10(9)15)18(13(16)17-11)4-3-8-2-1-5-19-8/h1-2,5-7H,3-4H2,(H2,16,17). The first-order chi connectivity index (χ1) is 9.15. The topological polar surface area (TPSA) is 57.0 Å². The van der Waals surface area contributed by atoms with Crippen LogP contribution in [0.1, 0.15) is 5.76 Å². The molecule has 0 unspecified atom stereocenters. The summed E-state index contributed by atoms with van der Waals surface area (Å²) in [6, 6.07) is 7.30. The molecule has 0 aliphatic carbocycles. The zero-order valence-corrected chi connectivity index (χ0v) is 11.4. The Morgan fingerprint density at radius 3 is 2.79 bits per heavy atom. The SMILES string of the molecule is Nc1nc2cc(Cl)c(Cl)cc2n1CCc1ccco1. The molecular formula is C13H11Cl2N3O. The number of hydrogen-bond acceptors (Lipinski definition) is 3. The summed E-state index contributed by atoms with van der Waals surface area (Å²) in [5.41, 5.74) is 7.54. The number of rotatable bonds is 3. The Balaban J connectivity index is 1.98. The van der Waals surface area contributed by atoms with Crippen LogP contribution in [0.4, 0.5) is 5.95 Å². The average molecular weight is 296 g/mol. The quantitative estimate of drug-likeness (QED) is 0.800. The van der Waals surface area contributed by atoms with E-state index >= 15 is 0 Å². The van der Waals surface area contributed by atoms with E-state index in [0.717, 1.165) is 23.2 Å². The molecule has 2 aromatic heterocycles. The molecule has 0 spiro atoms. The number of aromatic nitrogens is 2. The maximum Gasteiger partial charge on any atom is 0.201 e. The predicted molar refractivity (Wildman–Crippen MR) is 76.6 cm³/mol. The lowest BCUT2D eigenvalue weighted by Gasteiger charge is -2.05. The van der Waals surface area contributed by atoms with Crippen molar-refractivity contribution in [1.29, 1.82) is 0 Å². The van der Waals surface area contributed by atoms with Crippen LogP contribution in [0.5, 0.6) is 0 Å². The second-order valence-corrected chi connectivity index (χ2v) is 5.02. The second-order valence-electron chi connectivity index (χ2n) is 4.21. The molecule has 0 bridgehead atoms. The van der Waals surface area contributed by atoms with E-state index in [1.807, 2.05) is 16.7 Å². The molecule has 2 heterocycles. The highest BCUT2D eigenvalue weighted by molar-refractivity contribution is 6.42. The minimum atomic E-state index is 0.444. The summed E-state index contributed by atoms with van der Waals surface area (Å²) in [5, 5.41) is 0.971. The number of hydrogen-bond donors (Lipinski definition) is 1. The van der Waals surface area contributed by atoms with Gasteiger partial charge in [-0.1, -0.05) is 23.2 Å². The maximum absolute atomic E-state index is 6.04. The molecule has 0 atom stereocenters. The van der Waals surface area contributed by atoms with Gasteiger partial charge in [-0.15, -0.1) is 0 Å². The minimum absolute atomic E-state index is 0.444. The number of nitrogen functional groups attached to an aromatic ring is 1. The minimum Gasteiger partial charge on any atom is -0.469 e. The first kappa shape index (κ1) is 12.4. The highest BCUT2D eigenvalue weighted by Crippen LogP contribution is 2.29. The third-order valence-electron chi connectivity index (χ3n) is 2.98. The van der Waals surface area contributed by atoms with Gasteiger partial charge < -0.3 is 14.7 Å². The number of halogens is 2. The number of anilines is 1. The van der Waals surface area contributed by atoms with E-state index in [1.54, 1.807) is 18.4 Å². The van der Waals surface area contributed by atoms with Crippen molar-refractivity contribution < 1.29 is 4.42 Å². The van der Waals surface area contributed by atoms with Crippen molar-refractivity contribution in [3.05, 3.63) is 46.3 Å². The van der Waals surface area contributed by atoms with Gasteiger partial charge in [-0.05, 0) is 24.3 Å². The van der Waals surface area contributed by atoms with Crippen LogP contribution >= 0.6 is 23.2 Å². The van der Waals surface area contributed by atoms with Crippen LogP contribution in [0.25, 0.3) is 11.0 Å². The average Bonchev–Trinajstić information content (AvgIpc) is 2.96. The summed E-state index contributed by atoms with van der Waals surface area (Å²) < 4.78 is 7.21. The van der Waals surface area contributed by atoms with Crippen LogP contribution in [-0.4, -0.2) is 9.55 Å². The van der Waals surface area contributed by atoms with Gasteiger partial charge in [0.25, 0.3) is 0 Å². The zero-order chi connectivity index (χ0) is 13.4. The van der Waals surface area contributed by atoms with Crippen molar-refractivity contribution in [3.63, 3.8) is 0 Å². The van der Waals surface area contributed by atoms with Gasteiger partial charge in [0.2, 0.25) is 5.95 Å². The first-order valence-corrected chi connectivity index (χ1v) is 6.54. The highest BCUT2D eigenvalue weighted by atomic mass is 35.5. The smallest absolute Gasteiger partial charge is 0.201 e. The van der Waals surface area contributed by atoms with Gasteiger partial charge in [0.05, 0.1) is 27.3 Å². The molecule has 0 aliphatic rings. The van der Waals surface area contributed by atoms with Crippen LogP contribution < -0.4 is 5.73 Å². The van der Waals surface area contributed by atoms with Crippen molar-refractivity contribution in [2.45, 2.75) is 13.0 Å². The molecular weight excluding hydrogens is 285 g/mol. The molecule has 1 aromatic carbocycles. The second kappa shape index (κ2) is 4.79. The lowest BCUT2D eigenvalue weighted by Crippen LogP contribution is -2.05. The van der Waals surface area contributed by atoms with Crippen molar-refractivity contribution in [2.75, 3.05) is 5.73 Å². The van der Waals surface area contributed by atoms with Gasteiger partial charge in [-0.2, -0.15) is 0 Å². The Bertz CT molecular complexity index is 719. The summed E-state index contributed by atoms with van der Waals surface area (Å²) in [7, 11) is 0. The van der Waals surface area contributed by atoms with Crippen LogP contribution in [0.3, 0.4) is 0 Å². The fourth-order valence-electron chi connectivity index (χ4n) is 2.05. The Morgan fingerprint density at radius 1 is 1.26 bits per heavy atom. The van der Waals surface area contributed by atoms with Gasteiger partial charge in [0.1, 0.15) is 5.76 Å². The molecule has 19 heavy (non-hydrogen) atoms. The summed E-state index contributed by atoms with van der Waals surface area (Å²) >= 11 is 12.0. The molecule has 6 heteroatoms. The van der Waals surface area contributed by atoms with E-state index in [4.69, 9.17) is 33.4 Å². The zero-order valence-electron chi connectivity index (χ0n) is 9.94. The Hall–Kier alpha value is -1.65. The fourth-order valence-corrected chi connectivity index (χ4v) is 2.37. The van der Waals surface area contributed by atoms with Gasteiger partial charge in [0, 0.05) is 13.0 Å². The van der Waals surface area contributed by atoms with E-state index in [1.165, 1.54) is 0 Å². The monoisotopic (exact) mass is 295 g/mol. The molecule has 98 valence electrons. The molecule has 4 nitrogen and oxygen atoms in total. The molecule has 3 aromatic rings. The van der Waals surface area contributed by atoms with Crippen LogP contribution in [0.15, 0.2) is 34.9 Å². The summed E-state index contributed by atoms with van der Waals surface area (Å²) in [5.74, 6) is 1.35. The van der Waals surface area contributed by atoms with E-state index in [2.05, 4.69) is 4.98 Å². The van der Waals surface area contributed by atoms with Gasteiger partial charge in [-0.3, -0.25) is 0 Å². The Morgan fingerprint density at radius 2 is 2.05 bits per heavy atom. The lowest BCUT2D eigenvalue weighted by atomic mass is 10.3. The van der Waals surface area contributed by atoms with Gasteiger partial charge >= 0.3 is 0 Å². The molecule has 2 N–H and O–H groups in total. The number of aryl methyl sites for hydroxylation is 2. The number of fused-ring (bicyclic) bond motifs is 1. The van der Waals surface area contributed by atoms with Crippen molar-refractivity contribution >= 4 is 40.2 Å². The fraction of sp³-hybridized carbons (Fsp3) is 0.154. The van der Waals surface area contributed by atoms with E-state index in [0.29, 0.717) is 22.5 Å². The van der Waals surface area contributed by atoms with Crippen molar-refractivity contribution in [2.24, 2.45) is 0 Å². The lowest BCUT2D eigenvalue weighted by molar-refractivity contribution is 0.494. The third-order valence-corrected chi connectivity index (χ3v) is 3.70. The number of benzene rings is 1. The summed E-state index contributed by atoms with van der Waals surface area (Å²) in [6.45, 7) is 0.674. The van der Waals surface area contributed by atoms with Crippen molar-refractivity contribution in [1.82, 2.24) is 9.55 Å². The molecule has 0 saturated heterocycles. The Kier molecular flexibility index (Phi) is 3.12. The van der Waals surface area contributed by atoms with Crippen LogP contribution in [0, 0.1) is 0 Å². The number of nitrogens with two attached hydrogens (primary N) is 1. The normalized spacial score (nSPS) is 11.3. The van der Waals surface area contributed by atoms with Gasteiger partial charge in [0.15, 0.2) is 0 Å². The number of imidazole rings is 1. The van der Waals surface area contributed by atoms with Crippen molar-refractivity contribution in [3.8, 4) is 0 Å². The van der Waals surface area contributed by atoms with E-state index in [-0.39, 0.29) is 0 Å². The molecule has 0 fully saturated rings. The molecule has 0 amide bonds. The van der Waals surface area contributed by atoms with E-state index < -0.39 is 0 Å². The number of furan rings is 1. The largest absolute Gasteiger partial charge is 0.469 e. The van der Waals surface area contributed by atoms with Gasteiger partial charge in [-0.25, -0.2) is 4.98 Å². The predicted octanol–water partition coefficient (Wildman–Crippen LogP) is 3.76. The first-order valence-electron chi connectivity index (χ1n) is 5.78. The molecule has 0 saturated carbocycles. The summed E-state index contributed by atoms with van der Waals surface area (Å²) in [4.78, 5) is 4.28. The molecule has 0 aliphatic heterocycles. The maximum atomic E-state index is 6.04. The molecule has 3 rings (SSSR count). The van der Waals surface area contributed by atoms with E-state index in [9.17, 15) is 0 Å². The van der Waals surface area contributed by atoms with Crippen LogP contribution in [-0.2, 0) is 13.0 Å². The highest BCUT2D eigenvalue weighted by Gasteiger charge is 2.11. The Labute approximate surface area is 119 Å². The number of nitrogens with zero attached hydrogens (tertiary/aromatic N) is 2. The van der Waals surface area contributed by atoms with Crippen LogP contribution in [0.2, 0.25) is 10.0 Å². The summed E-state index contributed by atoms with van der Waals surface area (Å²) in [6.07, 6.45) is 2.39. The molecule has 0 radical (unpaired) electrons. The third kappa shape index (κ3) is 2.29.